The number of ether oxygens (including phenoxy) is 2. The van der Waals surface area contributed by atoms with Gasteiger partial charge < -0.3 is 24.6 Å². The van der Waals surface area contributed by atoms with Crippen LogP contribution in [0.15, 0.2) is 24.3 Å². The Bertz CT molecular complexity index is 985. The molecule has 2 fully saturated rings. The smallest absolute Gasteiger partial charge is 0.342 e. The molecule has 6 unspecified atom stereocenters. The summed E-state index contributed by atoms with van der Waals surface area (Å²) in [5.41, 5.74) is -0.287. The minimum absolute atomic E-state index is 0. The summed E-state index contributed by atoms with van der Waals surface area (Å²) >= 11 is 0. The summed E-state index contributed by atoms with van der Waals surface area (Å²) in [7, 11) is 4.82. The fourth-order valence-corrected chi connectivity index (χ4v) is 7.58. The molecule has 1 aromatic rings. The SMILES string of the molecule is CCC12C=CCN3CCC4(c5cc(C)c(OC)cc5N(C)C4C(O)(C(=O)OC)C1O)C32.[Ac]. The molecule has 171 valence electrons. The molecule has 32 heavy (non-hydrogen) atoms. The first-order chi connectivity index (χ1) is 14.7. The number of aliphatic hydroxyl groups excluding tert-OH is 1. The Balaban J connectivity index is 0.00000245. The molecule has 1 saturated carbocycles. The van der Waals surface area contributed by atoms with E-state index in [1.54, 1.807) is 7.11 Å². The van der Waals surface area contributed by atoms with Crippen molar-refractivity contribution in [1.29, 1.82) is 0 Å². The third-order valence-corrected chi connectivity index (χ3v) is 8.68. The predicted octanol–water partition coefficient (Wildman–Crippen LogP) is 1.38. The normalized spacial score (nSPS) is 39.1. The first-order valence-corrected chi connectivity index (χ1v) is 11.1. The van der Waals surface area contributed by atoms with Gasteiger partial charge in [-0.3, -0.25) is 4.90 Å². The van der Waals surface area contributed by atoms with Gasteiger partial charge in [-0.15, -0.1) is 0 Å². The van der Waals surface area contributed by atoms with E-state index in [0.717, 1.165) is 42.1 Å². The van der Waals surface area contributed by atoms with E-state index in [0.29, 0.717) is 6.42 Å². The van der Waals surface area contributed by atoms with Crippen LogP contribution in [0.5, 0.6) is 5.75 Å². The van der Waals surface area contributed by atoms with Crippen LogP contribution in [0.25, 0.3) is 0 Å². The van der Waals surface area contributed by atoms with Crippen molar-refractivity contribution >= 4 is 11.7 Å². The van der Waals surface area contributed by atoms with Crippen LogP contribution >= 0.6 is 0 Å². The molecule has 8 heteroatoms. The molecule has 1 aromatic carbocycles. The second-order valence-corrected chi connectivity index (χ2v) is 9.63. The van der Waals surface area contributed by atoms with E-state index in [-0.39, 0.29) is 50.1 Å². The third kappa shape index (κ3) is 2.59. The first kappa shape index (κ1) is 24.5. The standard InChI is InChI=1S/C24H32N2O5.Ac/c1-6-22-8-7-10-26-11-9-23(18(22)26)15-12-14(2)17(30-4)13-16(15)25(3)19(23)24(29,20(22)27)21(28)31-5;/h7-8,12-13,18-20,27,29H,6,9-11H2,1-5H3;. The molecule has 1 saturated heterocycles. The van der Waals surface area contributed by atoms with E-state index in [1.807, 2.05) is 37.9 Å². The zero-order valence-corrected chi connectivity index (χ0v) is 24.2. The van der Waals surface area contributed by atoms with Gasteiger partial charge in [0.15, 0.2) is 0 Å². The Hall–Kier alpha value is -0.648. The number of carbonyl (C=O) groups is 1. The summed E-state index contributed by atoms with van der Waals surface area (Å²) < 4.78 is 10.7. The van der Waals surface area contributed by atoms with Crippen LogP contribution in [-0.2, 0) is 14.9 Å². The summed E-state index contributed by atoms with van der Waals surface area (Å²) in [6.45, 7) is 5.70. The Morgan fingerprint density at radius 3 is 2.62 bits per heavy atom. The summed E-state index contributed by atoms with van der Waals surface area (Å²) in [5, 5.41) is 23.9. The van der Waals surface area contributed by atoms with E-state index < -0.39 is 34.5 Å². The fourth-order valence-electron chi connectivity index (χ4n) is 7.58. The molecule has 4 aliphatic rings. The number of hydrogen-bond acceptors (Lipinski definition) is 7. The number of methoxy groups -OCH3 is 2. The van der Waals surface area contributed by atoms with Crippen LogP contribution < -0.4 is 9.64 Å². The average Bonchev–Trinajstić information content (AvgIpc) is 3.28. The molecule has 7 nitrogen and oxygen atoms in total. The van der Waals surface area contributed by atoms with Gasteiger partial charge in [0.25, 0.3) is 0 Å². The Morgan fingerprint density at radius 1 is 1.28 bits per heavy atom. The number of benzene rings is 1. The minimum Gasteiger partial charge on any atom is -0.496 e. The molecular formula is C24H32AcN2O5. The van der Waals surface area contributed by atoms with Gasteiger partial charge in [0.2, 0.25) is 5.60 Å². The number of fused-ring (bicyclic) bond motifs is 1. The second-order valence-electron chi connectivity index (χ2n) is 9.63. The number of carbonyl (C=O) groups excluding carboxylic acids is 1. The molecule has 0 amide bonds. The van der Waals surface area contributed by atoms with Gasteiger partial charge in [0.05, 0.1) is 20.3 Å². The minimum atomic E-state index is -2.08. The fraction of sp³-hybridized carbons (Fsp3) is 0.625. The summed E-state index contributed by atoms with van der Waals surface area (Å²) in [6, 6.07) is 3.47. The van der Waals surface area contributed by atoms with Crippen LogP contribution in [0.2, 0.25) is 0 Å². The average molecular weight is 656 g/mol. The number of nitrogens with zero attached hydrogens (tertiary/aromatic N) is 2. The van der Waals surface area contributed by atoms with Crippen LogP contribution in [-0.4, -0.2) is 79.2 Å². The largest absolute Gasteiger partial charge is 0.496 e. The van der Waals surface area contributed by atoms with Gasteiger partial charge in [0, 0.05) is 86.3 Å². The van der Waals surface area contributed by atoms with Crippen molar-refractivity contribution in [2.24, 2.45) is 5.41 Å². The number of aliphatic hydroxyl groups is 2. The molecule has 3 aliphatic heterocycles. The molecule has 0 aromatic heterocycles. The second kappa shape index (κ2) is 7.95. The number of rotatable bonds is 3. The van der Waals surface area contributed by atoms with Gasteiger partial charge in [-0.05, 0) is 43.5 Å². The molecule has 3 heterocycles. The maximum absolute atomic E-state index is 13.2. The summed E-state index contributed by atoms with van der Waals surface area (Å²) in [5.74, 6) is -0.0145. The van der Waals surface area contributed by atoms with Crippen molar-refractivity contribution in [3.8, 4) is 5.75 Å². The number of aryl methyl sites for hydroxylation is 1. The van der Waals surface area contributed by atoms with Crippen molar-refractivity contribution in [2.45, 2.75) is 55.9 Å². The zero-order valence-electron chi connectivity index (χ0n) is 19.5. The molecule has 0 bridgehead atoms. The van der Waals surface area contributed by atoms with Crippen molar-refractivity contribution in [2.75, 3.05) is 39.3 Å². The molecular weight excluding hydrogens is 623 g/mol. The number of anilines is 1. The summed E-state index contributed by atoms with van der Waals surface area (Å²) in [6.07, 6.45) is 4.22. The van der Waals surface area contributed by atoms with Gasteiger partial charge in [0.1, 0.15) is 11.9 Å². The predicted molar refractivity (Wildman–Crippen MR) is 116 cm³/mol. The van der Waals surface area contributed by atoms with Crippen LogP contribution in [0, 0.1) is 56.4 Å². The van der Waals surface area contributed by atoms with Crippen LogP contribution in [0.4, 0.5) is 5.69 Å². The van der Waals surface area contributed by atoms with Crippen molar-refractivity contribution in [3.63, 3.8) is 0 Å². The molecule has 1 spiro atoms. The molecule has 5 rings (SSSR count). The topological polar surface area (TPSA) is 82.5 Å². The van der Waals surface area contributed by atoms with Gasteiger partial charge in [-0.25, -0.2) is 4.79 Å². The maximum Gasteiger partial charge on any atom is 0.342 e. The van der Waals surface area contributed by atoms with E-state index in [9.17, 15) is 15.0 Å². The number of hydrogen-bond donors (Lipinski definition) is 2. The van der Waals surface area contributed by atoms with Gasteiger partial charge in [-0.1, -0.05) is 19.1 Å². The monoisotopic (exact) mass is 655 g/mol. The van der Waals surface area contributed by atoms with Crippen LogP contribution in [0.3, 0.4) is 0 Å². The Morgan fingerprint density at radius 2 is 2.00 bits per heavy atom. The van der Waals surface area contributed by atoms with Crippen molar-refractivity contribution in [3.05, 3.63) is 35.4 Å². The maximum atomic E-state index is 13.2. The Kier molecular flexibility index (Phi) is 6.08. The molecule has 1 radical (unpaired) electrons. The van der Waals surface area contributed by atoms with E-state index in [1.165, 1.54) is 7.11 Å². The van der Waals surface area contributed by atoms with E-state index in [2.05, 4.69) is 17.0 Å². The Labute approximate surface area is 225 Å². The number of esters is 1. The molecule has 6 atom stereocenters. The van der Waals surface area contributed by atoms with Crippen molar-refractivity contribution in [1.82, 2.24) is 4.90 Å². The molecule has 2 N–H and O–H groups in total. The zero-order chi connectivity index (χ0) is 22.3. The molecule has 1 aliphatic carbocycles. The van der Waals surface area contributed by atoms with Crippen LogP contribution in [0.1, 0.15) is 30.9 Å². The first-order valence-electron chi connectivity index (χ1n) is 11.1. The van der Waals surface area contributed by atoms with Crippen molar-refractivity contribution < 1.29 is 68.5 Å². The third-order valence-electron chi connectivity index (χ3n) is 8.68. The number of likely N-dealkylation sites (N-methyl/N-ethyl adjacent to an activating group) is 1. The summed E-state index contributed by atoms with van der Waals surface area (Å²) in [4.78, 5) is 17.6. The van der Waals surface area contributed by atoms with E-state index in [4.69, 9.17) is 9.47 Å². The van der Waals surface area contributed by atoms with Gasteiger partial charge >= 0.3 is 5.97 Å². The quantitative estimate of drug-likeness (QED) is 0.377. The van der Waals surface area contributed by atoms with E-state index >= 15 is 0 Å². The van der Waals surface area contributed by atoms with Gasteiger partial charge in [-0.2, -0.15) is 0 Å².